The molecule has 0 atom stereocenters. The van der Waals surface area contributed by atoms with Gasteiger partial charge in [0.05, 0.1) is 12.8 Å². The van der Waals surface area contributed by atoms with Gasteiger partial charge >= 0.3 is 0 Å². The van der Waals surface area contributed by atoms with Crippen molar-refractivity contribution in [1.82, 2.24) is 15.3 Å². The molecule has 3 heterocycles. The van der Waals surface area contributed by atoms with E-state index >= 15 is 0 Å². The van der Waals surface area contributed by atoms with Crippen LogP contribution in [0.1, 0.15) is 0 Å². The van der Waals surface area contributed by atoms with Gasteiger partial charge in [0, 0.05) is 44.0 Å². The maximum Gasteiger partial charge on any atom is 0.212 e. The van der Waals surface area contributed by atoms with Crippen molar-refractivity contribution in [3.05, 3.63) is 36.5 Å². The van der Waals surface area contributed by atoms with Crippen LogP contribution >= 0.6 is 0 Å². The number of hydrogen-bond acceptors (Lipinski definition) is 5. The van der Waals surface area contributed by atoms with Crippen molar-refractivity contribution >= 4 is 5.82 Å². The highest BCUT2D eigenvalue weighted by Crippen LogP contribution is 2.21. The molecule has 5 nitrogen and oxygen atoms in total. The quantitative estimate of drug-likeness (QED) is 0.917. The molecule has 5 heteroatoms. The second-order valence-electron chi connectivity index (χ2n) is 4.71. The van der Waals surface area contributed by atoms with Crippen LogP contribution in [0.15, 0.2) is 36.5 Å². The molecule has 0 bridgehead atoms. The van der Waals surface area contributed by atoms with Gasteiger partial charge in [-0.2, -0.15) is 0 Å². The summed E-state index contributed by atoms with van der Waals surface area (Å²) in [6, 6.07) is 9.95. The summed E-state index contributed by atoms with van der Waals surface area (Å²) in [4.78, 5) is 11.3. The van der Waals surface area contributed by atoms with Crippen molar-refractivity contribution in [2.75, 3.05) is 38.2 Å². The molecule has 104 valence electrons. The molecule has 0 aliphatic carbocycles. The molecule has 0 saturated carbocycles. The average molecular weight is 270 g/mol. The van der Waals surface area contributed by atoms with Crippen LogP contribution < -0.4 is 15.0 Å². The Labute approximate surface area is 118 Å². The number of pyridine rings is 2. The minimum absolute atomic E-state index is 0.618. The molecule has 2 aromatic rings. The fourth-order valence-corrected chi connectivity index (χ4v) is 2.31. The van der Waals surface area contributed by atoms with Gasteiger partial charge in [0.15, 0.2) is 0 Å². The van der Waals surface area contributed by atoms with Crippen LogP contribution in [0.25, 0.3) is 11.3 Å². The number of anilines is 1. The summed E-state index contributed by atoms with van der Waals surface area (Å²) < 4.78 is 5.08. The number of aromatic nitrogens is 2. The first kappa shape index (κ1) is 12.9. The van der Waals surface area contributed by atoms with Crippen molar-refractivity contribution in [3.8, 4) is 17.1 Å². The Balaban J connectivity index is 1.85. The third kappa shape index (κ3) is 2.72. The summed E-state index contributed by atoms with van der Waals surface area (Å²) in [6.07, 6.45) is 1.79. The molecule has 1 fully saturated rings. The molecular formula is C15H18N4O. The van der Waals surface area contributed by atoms with E-state index in [0.717, 1.165) is 43.3 Å². The number of rotatable bonds is 3. The Morgan fingerprint density at radius 2 is 2.00 bits per heavy atom. The summed E-state index contributed by atoms with van der Waals surface area (Å²) in [5, 5.41) is 3.35. The maximum atomic E-state index is 5.08. The summed E-state index contributed by atoms with van der Waals surface area (Å²) in [7, 11) is 1.62. The fourth-order valence-electron chi connectivity index (χ4n) is 2.31. The maximum absolute atomic E-state index is 5.08. The largest absolute Gasteiger partial charge is 0.481 e. The van der Waals surface area contributed by atoms with E-state index in [4.69, 9.17) is 9.72 Å². The second-order valence-corrected chi connectivity index (χ2v) is 4.71. The van der Waals surface area contributed by atoms with E-state index in [1.165, 1.54) is 0 Å². The Morgan fingerprint density at radius 1 is 1.15 bits per heavy atom. The summed E-state index contributed by atoms with van der Waals surface area (Å²) in [5.41, 5.74) is 1.94. The van der Waals surface area contributed by atoms with Gasteiger partial charge in [-0.3, -0.25) is 0 Å². The summed E-state index contributed by atoms with van der Waals surface area (Å²) >= 11 is 0. The third-order valence-corrected chi connectivity index (χ3v) is 3.42. The van der Waals surface area contributed by atoms with Crippen molar-refractivity contribution in [1.29, 1.82) is 0 Å². The van der Waals surface area contributed by atoms with Gasteiger partial charge in [-0.15, -0.1) is 0 Å². The average Bonchev–Trinajstić information content (AvgIpc) is 2.56. The Morgan fingerprint density at radius 3 is 2.70 bits per heavy atom. The minimum Gasteiger partial charge on any atom is -0.481 e. The second kappa shape index (κ2) is 5.88. The molecule has 2 aromatic heterocycles. The lowest BCUT2D eigenvalue weighted by Gasteiger charge is -2.28. The highest BCUT2D eigenvalue weighted by molar-refractivity contribution is 5.61. The molecule has 0 unspecified atom stereocenters. The van der Waals surface area contributed by atoms with Crippen molar-refractivity contribution < 1.29 is 4.74 Å². The van der Waals surface area contributed by atoms with E-state index in [1.54, 1.807) is 13.3 Å². The summed E-state index contributed by atoms with van der Waals surface area (Å²) in [6.45, 7) is 4.01. The van der Waals surface area contributed by atoms with E-state index in [9.17, 15) is 0 Å². The van der Waals surface area contributed by atoms with Crippen LogP contribution in [0.5, 0.6) is 5.88 Å². The first-order valence-electron chi connectivity index (χ1n) is 6.80. The molecule has 0 aromatic carbocycles. The van der Waals surface area contributed by atoms with Crippen molar-refractivity contribution in [3.63, 3.8) is 0 Å². The number of ether oxygens (including phenoxy) is 1. The predicted octanol–water partition coefficient (Wildman–Crippen LogP) is 1.56. The molecule has 0 spiro atoms. The molecule has 1 N–H and O–H groups in total. The molecule has 3 rings (SSSR count). The zero-order valence-corrected chi connectivity index (χ0v) is 11.5. The highest BCUT2D eigenvalue weighted by Gasteiger charge is 2.12. The van der Waals surface area contributed by atoms with Crippen LogP contribution in [0, 0.1) is 0 Å². The SMILES string of the molecule is COc1ccc(-c2cccc(N3CCNCC3)n2)cn1. The van der Waals surface area contributed by atoms with Gasteiger partial charge in [0.25, 0.3) is 0 Å². The molecule has 1 aliphatic rings. The molecule has 1 saturated heterocycles. The fraction of sp³-hybridized carbons (Fsp3) is 0.333. The van der Waals surface area contributed by atoms with E-state index < -0.39 is 0 Å². The van der Waals surface area contributed by atoms with Gasteiger partial charge in [0.1, 0.15) is 5.82 Å². The van der Waals surface area contributed by atoms with Gasteiger partial charge in [0.2, 0.25) is 5.88 Å². The molecule has 1 aliphatic heterocycles. The minimum atomic E-state index is 0.618. The van der Waals surface area contributed by atoms with Crippen LogP contribution in [-0.4, -0.2) is 43.3 Å². The molecule has 0 amide bonds. The van der Waals surface area contributed by atoms with E-state index in [-0.39, 0.29) is 0 Å². The molecular weight excluding hydrogens is 252 g/mol. The van der Waals surface area contributed by atoms with Crippen molar-refractivity contribution in [2.24, 2.45) is 0 Å². The van der Waals surface area contributed by atoms with Gasteiger partial charge in [-0.1, -0.05) is 6.07 Å². The number of piperazine rings is 1. The molecule has 20 heavy (non-hydrogen) atoms. The molecule has 0 radical (unpaired) electrons. The van der Waals surface area contributed by atoms with Crippen LogP contribution in [0.4, 0.5) is 5.82 Å². The monoisotopic (exact) mass is 270 g/mol. The van der Waals surface area contributed by atoms with E-state index in [2.05, 4.69) is 21.3 Å². The number of nitrogens with one attached hydrogen (secondary N) is 1. The number of hydrogen-bond donors (Lipinski definition) is 1. The Hall–Kier alpha value is -2.14. The lowest BCUT2D eigenvalue weighted by Crippen LogP contribution is -2.43. The van der Waals surface area contributed by atoms with Gasteiger partial charge in [-0.05, 0) is 18.2 Å². The van der Waals surface area contributed by atoms with Gasteiger partial charge < -0.3 is 15.0 Å². The van der Waals surface area contributed by atoms with Crippen LogP contribution in [0.2, 0.25) is 0 Å². The van der Waals surface area contributed by atoms with Crippen LogP contribution in [0.3, 0.4) is 0 Å². The normalized spacial score (nSPS) is 15.2. The Kier molecular flexibility index (Phi) is 3.78. The standard InChI is InChI=1S/C15H18N4O/c1-20-15-6-5-12(11-17-15)13-3-2-4-14(18-13)19-9-7-16-8-10-19/h2-6,11,16H,7-10H2,1H3. The topological polar surface area (TPSA) is 50.3 Å². The lowest BCUT2D eigenvalue weighted by atomic mass is 10.2. The first-order valence-corrected chi connectivity index (χ1v) is 6.80. The van der Waals surface area contributed by atoms with E-state index in [0.29, 0.717) is 5.88 Å². The number of nitrogens with zero attached hydrogens (tertiary/aromatic N) is 3. The predicted molar refractivity (Wildman–Crippen MR) is 79.1 cm³/mol. The van der Waals surface area contributed by atoms with Crippen molar-refractivity contribution in [2.45, 2.75) is 0 Å². The zero-order chi connectivity index (χ0) is 13.8. The lowest BCUT2D eigenvalue weighted by molar-refractivity contribution is 0.398. The van der Waals surface area contributed by atoms with E-state index in [1.807, 2.05) is 24.3 Å². The Bertz CT molecular complexity index is 564. The highest BCUT2D eigenvalue weighted by atomic mass is 16.5. The number of methoxy groups -OCH3 is 1. The summed E-state index contributed by atoms with van der Waals surface area (Å²) in [5.74, 6) is 1.65. The smallest absolute Gasteiger partial charge is 0.212 e. The first-order chi connectivity index (χ1) is 9.86. The zero-order valence-electron chi connectivity index (χ0n) is 11.5. The van der Waals surface area contributed by atoms with Gasteiger partial charge in [-0.25, -0.2) is 9.97 Å². The third-order valence-electron chi connectivity index (χ3n) is 3.42. The van der Waals surface area contributed by atoms with Crippen LogP contribution in [-0.2, 0) is 0 Å².